The lowest BCUT2D eigenvalue weighted by Crippen LogP contribution is -2.54. The van der Waals surface area contributed by atoms with Crippen molar-refractivity contribution in [2.24, 2.45) is 0 Å². The Bertz CT molecular complexity index is 827. The Morgan fingerprint density at radius 3 is 2.31 bits per heavy atom. The predicted octanol–water partition coefficient (Wildman–Crippen LogP) is 2.93. The normalized spacial score (nSPS) is 14.2. The molecule has 0 radical (unpaired) electrons. The van der Waals surface area contributed by atoms with E-state index in [1.165, 1.54) is 0 Å². The van der Waals surface area contributed by atoms with E-state index in [4.69, 9.17) is 16.1 Å². The van der Waals surface area contributed by atoms with Crippen molar-refractivity contribution in [3.63, 3.8) is 0 Å². The Kier molecular flexibility index (Phi) is 7.09. The smallest absolute Gasteiger partial charge is 0.320 e. The summed E-state index contributed by atoms with van der Waals surface area (Å²) in [5.74, 6) is 0.942. The molecular formula is C20H26ClN5O3. The van der Waals surface area contributed by atoms with E-state index in [0.717, 1.165) is 5.56 Å². The van der Waals surface area contributed by atoms with Crippen LogP contribution in [0.15, 0.2) is 28.8 Å². The summed E-state index contributed by atoms with van der Waals surface area (Å²) in [7, 11) is 0. The topological polar surface area (TPSA) is 82.8 Å². The zero-order valence-corrected chi connectivity index (χ0v) is 17.6. The third-order valence-corrected chi connectivity index (χ3v) is 5.31. The van der Waals surface area contributed by atoms with Crippen molar-refractivity contribution in [1.82, 2.24) is 24.8 Å². The van der Waals surface area contributed by atoms with Crippen LogP contribution >= 0.6 is 11.6 Å². The predicted molar refractivity (Wildman–Crippen MR) is 110 cm³/mol. The molecule has 3 rings (SSSR count). The number of piperazine rings is 1. The highest BCUT2D eigenvalue weighted by Crippen LogP contribution is 2.19. The molecule has 0 spiro atoms. The zero-order valence-electron chi connectivity index (χ0n) is 16.8. The van der Waals surface area contributed by atoms with E-state index in [1.807, 2.05) is 30.9 Å². The number of carbonyl (C=O) groups is 2. The summed E-state index contributed by atoms with van der Waals surface area (Å²) in [6.07, 6.45) is 0.685. The van der Waals surface area contributed by atoms with Gasteiger partial charge in [0, 0.05) is 62.7 Å². The highest BCUT2D eigenvalue weighted by Gasteiger charge is 2.26. The summed E-state index contributed by atoms with van der Waals surface area (Å²) in [5.41, 5.74) is 0.810. The van der Waals surface area contributed by atoms with Gasteiger partial charge in [-0.3, -0.25) is 4.79 Å². The molecule has 2 heterocycles. The summed E-state index contributed by atoms with van der Waals surface area (Å²) in [6, 6.07) is 7.22. The maximum absolute atomic E-state index is 12.5. The maximum atomic E-state index is 12.5. The molecule has 8 nitrogen and oxygen atoms in total. The molecule has 0 atom stereocenters. The van der Waals surface area contributed by atoms with Crippen molar-refractivity contribution < 1.29 is 14.1 Å². The number of rotatable bonds is 6. The Balaban J connectivity index is 1.47. The highest BCUT2D eigenvalue weighted by molar-refractivity contribution is 6.30. The van der Waals surface area contributed by atoms with Crippen LogP contribution in [0, 0.1) is 0 Å². The molecular weight excluding hydrogens is 394 g/mol. The Morgan fingerprint density at radius 1 is 1.07 bits per heavy atom. The molecule has 29 heavy (non-hydrogen) atoms. The molecule has 1 fully saturated rings. The van der Waals surface area contributed by atoms with Crippen LogP contribution in [0.4, 0.5) is 4.79 Å². The number of amides is 3. The van der Waals surface area contributed by atoms with Gasteiger partial charge in [-0.25, -0.2) is 4.79 Å². The largest absolute Gasteiger partial charge is 0.339 e. The molecule has 2 aromatic rings. The summed E-state index contributed by atoms with van der Waals surface area (Å²) >= 11 is 5.89. The van der Waals surface area contributed by atoms with Crippen LogP contribution in [0.3, 0.4) is 0 Å². The van der Waals surface area contributed by atoms with Crippen molar-refractivity contribution in [2.75, 3.05) is 39.3 Å². The number of aromatic nitrogens is 2. The standard InChI is InChI=1S/C20H26ClN5O3/c1-3-24(4-2)20(28)26-13-11-25(12-14-26)18(27)10-9-17-22-19(23-29-17)15-5-7-16(21)8-6-15/h5-8H,3-4,9-14H2,1-2H3. The summed E-state index contributed by atoms with van der Waals surface area (Å²) in [6.45, 7) is 7.53. The zero-order chi connectivity index (χ0) is 20.8. The second-order valence-electron chi connectivity index (χ2n) is 6.84. The number of aryl methyl sites for hydroxylation is 1. The minimum Gasteiger partial charge on any atom is -0.339 e. The van der Waals surface area contributed by atoms with Gasteiger partial charge in [-0.15, -0.1) is 0 Å². The van der Waals surface area contributed by atoms with Crippen LogP contribution in [0.5, 0.6) is 0 Å². The summed E-state index contributed by atoms with van der Waals surface area (Å²) < 4.78 is 5.26. The second kappa shape index (κ2) is 9.73. The highest BCUT2D eigenvalue weighted by atomic mass is 35.5. The average molecular weight is 420 g/mol. The van der Waals surface area contributed by atoms with Gasteiger partial charge < -0.3 is 19.2 Å². The number of carbonyl (C=O) groups excluding carboxylic acids is 2. The average Bonchev–Trinajstić information content (AvgIpc) is 3.22. The number of urea groups is 1. The molecule has 9 heteroatoms. The lowest BCUT2D eigenvalue weighted by Gasteiger charge is -2.37. The molecule has 3 amide bonds. The molecule has 1 aromatic heterocycles. The van der Waals surface area contributed by atoms with Gasteiger partial charge in [0.05, 0.1) is 0 Å². The number of benzene rings is 1. The van der Waals surface area contributed by atoms with Crippen LogP contribution in [0.25, 0.3) is 11.4 Å². The van der Waals surface area contributed by atoms with Crippen LogP contribution in [0.1, 0.15) is 26.2 Å². The van der Waals surface area contributed by atoms with Crippen LogP contribution < -0.4 is 0 Å². The molecule has 0 bridgehead atoms. The summed E-state index contributed by atoms with van der Waals surface area (Å²) in [4.78, 5) is 34.7. The van der Waals surface area contributed by atoms with Gasteiger partial charge in [0.25, 0.3) is 0 Å². The van der Waals surface area contributed by atoms with E-state index in [-0.39, 0.29) is 11.9 Å². The fourth-order valence-electron chi connectivity index (χ4n) is 3.29. The van der Waals surface area contributed by atoms with Crippen molar-refractivity contribution in [1.29, 1.82) is 0 Å². The van der Waals surface area contributed by atoms with Crippen molar-refractivity contribution in [2.45, 2.75) is 26.7 Å². The molecule has 1 saturated heterocycles. The van der Waals surface area contributed by atoms with E-state index >= 15 is 0 Å². The van der Waals surface area contributed by atoms with Crippen LogP contribution in [-0.4, -0.2) is 76.0 Å². The van der Waals surface area contributed by atoms with E-state index in [9.17, 15) is 9.59 Å². The molecule has 156 valence electrons. The molecule has 1 aliphatic rings. The van der Waals surface area contributed by atoms with Crippen LogP contribution in [-0.2, 0) is 11.2 Å². The number of nitrogens with zero attached hydrogens (tertiary/aromatic N) is 5. The van der Waals surface area contributed by atoms with E-state index < -0.39 is 0 Å². The lowest BCUT2D eigenvalue weighted by molar-refractivity contribution is -0.132. The number of hydrogen-bond acceptors (Lipinski definition) is 5. The van der Waals surface area contributed by atoms with Gasteiger partial charge >= 0.3 is 6.03 Å². The fourth-order valence-corrected chi connectivity index (χ4v) is 3.41. The Labute approximate surface area is 175 Å². The third-order valence-electron chi connectivity index (χ3n) is 5.06. The first kappa shape index (κ1) is 21.1. The Hall–Kier alpha value is -2.61. The first-order valence-electron chi connectivity index (χ1n) is 9.92. The second-order valence-corrected chi connectivity index (χ2v) is 7.28. The van der Waals surface area contributed by atoms with Gasteiger partial charge in [0.15, 0.2) is 0 Å². The minimum atomic E-state index is 0.0335. The van der Waals surface area contributed by atoms with Crippen molar-refractivity contribution >= 4 is 23.5 Å². The van der Waals surface area contributed by atoms with E-state index in [0.29, 0.717) is 68.8 Å². The van der Waals surface area contributed by atoms with E-state index in [1.54, 1.807) is 21.9 Å². The molecule has 0 aliphatic carbocycles. The number of halogens is 1. The first-order valence-corrected chi connectivity index (χ1v) is 10.3. The van der Waals surface area contributed by atoms with Gasteiger partial charge in [-0.2, -0.15) is 4.98 Å². The fraction of sp³-hybridized carbons (Fsp3) is 0.500. The molecule has 1 aromatic carbocycles. The van der Waals surface area contributed by atoms with Crippen molar-refractivity contribution in [3.8, 4) is 11.4 Å². The number of hydrogen-bond donors (Lipinski definition) is 0. The SMILES string of the molecule is CCN(CC)C(=O)N1CCN(C(=O)CCc2nc(-c3ccc(Cl)cc3)no2)CC1. The van der Waals surface area contributed by atoms with Gasteiger partial charge in [-0.05, 0) is 38.1 Å². The lowest BCUT2D eigenvalue weighted by atomic mass is 10.2. The Morgan fingerprint density at radius 2 is 1.69 bits per heavy atom. The maximum Gasteiger partial charge on any atom is 0.320 e. The van der Waals surface area contributed by atoms with Gasteiger partial charge in [0.1, 0.15) is 0 Å². The van der Waals surface area contributed by atoms with E-state index in [2.05, 4.69) is 10.1 Å². The van der Waals surface area contributed by atoms with Crippen molar-refractivity contribution in [3.05, 3.63) is 35.2 Å². The van der Waals surface area contributed by atoms with Gasteiger partial charge in [-0.1, -0.05) is 16.8 Å². The molecule has 0 unspecified atom stereocenters. The minimum absolute atomic E-state index is 0.0335. The quantitative estimate of drug-likeness (QED) is 0.718. The molecule has 1 aliphatic heterocycles. The first-order chi connectivity index (χ1) is 14.0. The van der Waals surface area contributed by atoms with Gasteiger partial charge in [0.2, 0.25) is 17.6 Å². The van der Waals surface area contributed by atoms with Crippen LogP contribution in [0.2, 0.25) is 5.02 Å². The summed E-state index contributed by atoms with van der Waals surface area (Å²) in [5, 5.41) is 4.61. The monoisotopic (exact) mass is 419 g/mol. The molecule has 0 saturated carbocycles. The molecule has 0 N–H and O–H groups in total. The third kappa shape index (κ3) is 5.26.